The van der Waals surface area contributed by atoms with E-state index in [2.05, 4.69) is 51.0 Å². The van der Waals surface area contributed by atoms with Crippen molar-refractivity contribution in [3.8, 4) is 0 Å². The van der Waals surface area contributed by atoms with E-state index in [9.17, 15) is 4.79 Å². The molecule has 5 heteroatoms. The van der Waals surface area contributed by atoms with Crippen LogP contribution in [0.1, 0.15) is 55.0 Å². The number of hydrogen-bond donors (Lipinski definition) is 1. The number of carbonyl (C=O) groups is 1. The zero-order valence-corrected chi connectivity index (χ0v) is 16.7. The van der Waals surface area contributed by atoms with E-state index in [4.69, 9.17) is 0 Å². The highest BCUT2D eigenvalue weighted by atomic mass is 16.2. The van der Waals surface area contributed by atoms with Crippen LogP contribution in [0.4, 0.5) is 0 Å². The average molecular weight is 379 g/mol. The highest BCUT2D eigenvalue weighted by molar-refractivity contribution is 5.85. The van der Waals surface area contributed by atoms with Crippen LogP contribution < -0.4 is 0 Å². The molecule has 2 aliphatic heterocycles. The zero-order valence-electron chi connectivity index (χ0n) is 16.7. The Kier molecular flexibility index (Phi) is 4.50. The number of piperidine rings is 2. The molecule has 1 aromatic heterocycles. The van der Waals surface area contributed by atoms with E-state index in [1.807, 2.05) is 6.07 Å². The summed E-state index contributed by atoms with van der Waals surface area (Å²) in [6.45, 7) is 6.19. The Labute approximate surface area is 167 Å². The van der Waals surface area contributed by atoms with Crippen molar-refractivity contribution < 1.29 is 4.79 Å². The Balaban J connectivity index is 1.33. The lowest BCUT2D eigenvalue weighted by Gasteiger charge is -2.50. The lowest BCUT2D eigenvalue weighted by atomic mass is 9.67. The predicted octanol–water partition coefficient (Wildman–Crippen LogP) is 3.48. The standard InChI is InChI=1S/C23H30N4O/c1-17-21(25-16-24-17)14-26-11-9-23(10-12-26)13-20(18-5-3-2-4-6-18)22(28)27(15-23)19-7-8-19/h2-6,16,19-20H,7-15H2,1H3,(H,24,25)/t20-/m0/s1. The molecule has 1 aromatic carbocycles. The lowest BCUT2D eigenvalue weighted by molar-refractivity contribution is -0.142. The third-order valence-corrected chi connectivity index (χ3v) is 7.14. The second kappa shape index (κ2) is 7.03. The van der Waals surface area contributed by atoms with Crippen molar-refractivity contribution in [1.29, 1.82) is 0 Å². The van der Waals surface area contributed by atoms with E-state index < -0.39 is 0 Å². The first-order chi connectivity index (χ1) is 13.6. The Hall–Kier alpha value is -2.14. The molecule has 1 spiro atoms. The minimum Gasteiger partial charge on any atom is -0.348 e. The molecular formula is C23H30N4O. The van der Waals surface area contributed by atoms with E-state index in [1.54, 1.807) is 6.33 Å². The van der Waals surface area contributed by atoms with Crippen LogP contribution in [0.3, 0.4) is 0 Å². The Morgan fingerprint density at radius 1 is 1.18 bits per heavy atom. The number of imidazole rings is 1. The van der Waals surface area contributed by atoms with Crippen LogP contribution in [-0.2, 0) is 11.3 Å². The number of rotatable bonds is 4. The van der Waals surface area contributed by atoms with E-state index >= 15 is 0 Å². The van der Waals surface area contributed by atoms with Gasteiger partial charge in [-0.1, -0.05) is 30.3 Å². The summed E-state index contributed by atoms with van der Waals surface area (Å²) >= 11 is 0. The van der Waals surface area contributed by atoms with E-state index in [0.29, 0.717) is 11.9 Å². The Morgan fingerprint density at radius 3 is 2.57 bits per heavy atom. The number of hydrogen-bond acceptors (Lipinski definition) is 3. The first-order valence-electron chi connectivity index (χ1n) is 10.7. The summed E-state index contributed by atoms with van der Waals surface area (Å²) < 4.78 is 0. The fourth-order valence-corrected chi connectivity index (χ4v) is 5.17. The first kappa shape index (κ1) is 17.9. The summed E-state index contributed by atoms with van der Waals surface area (Å²) in [6, 6.07) is 11.0. The largest absolute Gasteiger partial charge is 0.348 e. The molecule has 2 saturated heterocycles. The molecule has 2 aromatic rings. The van der Waals surface area contributed by atoms with Gasteiger partial charge in [0.25, 0.3) is 0 Å². The Morgan fingerprint density at radius 2 is 1.93 bits per heavy atom. The monoisotopic (exact) mass is 378 g/mol. The van der Waals surface area contributed by atoms with E-state index in [0.717, 1.165) is 38.3 Å². The van der Waals surface area contributed by atoms with Gasteiger partial charge in [0.2, 0.25) is 5.91 Å². The van der Waals surface area contributed by atoms with Gasteiger partial charge < -0.3 is 9.88 Å². The van der Waals surface area contributed by atoms with Gasteiger partial charge >= 0.3 is 0 Å². The number of nitrogens with zero attached hydrogens (tertiary/aromatic N) is 3. The third-order valence-electron chi connectivity index (χ3n) is 7.14. The number of carbonyl (C=O) groups excluding carboxylic acids is 1. The number of aromatic nitrogens is 2. The molecule has 0 unspecified atom stereocenters. The van der Waals surface area contributed by atoms with Gasteiger partial charge in [0.05, 0.1) is 17.9 Å². The van der Waals surface area contributed by atoms with Crippen LogP contribution in [-0.4, -0.2) is 51.4 Å². The van der Waals surface area contributed by atoms with Crippen LogP contribution >= 0.6 is 0 Å². The summed E-state index contributed by atoms with van der Waals surface area (Å²) in [6.07, 6.45) is 7.53. The molecule has 148 valence electrons. The normalized spacial score (nSPS) is 25.4. The van der Waals surface area contributed by atoms with Crippen LogP contribution in [0.5, 0.6) is 0 Å². The molecule has 5 nitrogen and oxygen atoms in total. The fourth-order valence-electron chi connectivity index (χ4n) is 5.17. The van der Waals surface area contributed by atoms with Gasteiger partial charge in [-0.2, -0.15) is 0 Å². The molecule has 3 fully saturated rings. The highest BCUT2D eigenvalue weighted by Crippen LogP contribution is 2.48. The van der Waals surface area contributed by atoms with Crippen LogP contribution in [0, 0.1) is 12.3 Å². The number of likely N-dealkylation sites (tertiary alicyclic amines) is 2. The van der Waals surface area contributed by atoms with Gasteiger partial charge in [-0.05, 0) is 63.1 Å². The SMILES string of the molecule is Cc1[nH]cnc1CN1CCC2(CC1)C[C@@H](c1ccccc1)C(=O)N(C1CC1)C2. The van der Waals surface area contributed by atoms with Crippen LogP contribution in [0.25, 0.3) is 0 Å². The molecule has 1 N–H and O–H groups in total. The summed E-state index contributed by atoms with van der Waals surface area (Å²) in [5.41, 5.74) is 3.81. The molecule has 1 aliphatic carbocycles. The van der Waals surface area contributed by atoms with Crippen molar-refractivity contribution in [2.45, 2.75) is 57.5 Å². The molecule has 1 saturated carbocycles. The highest BCUT2D eigenvalue weighted by Gasteiger charge is 2.49. The van der Waals surface area contributed by atoms with Crippen molar-refractivity contribution in [1.82, 2.24) is 19.8 Å². The summed E-state index contributed by atoms with van der Waals surface area (Å²) in [5, 5.41) is 0. The smallest absolute Gasteiger partial charge is 0.230 e. The van der Waals surface area contributed by atoms with Gasteiger partial charge in [0, 0.05) is 24.8 Å². The van der Waals surface area contributed by atoms with Gasteiger partial charge in [-0.25, -0.2) is 4.98 Å². The number of nitrogens with one attached hydrogen (secondary N) is 1. The molecule has 3 heterocycles. The molecule has 1 atom stereocenters. The summed E-state index contributed by atoms with van der Waals surface area (Å²) in [7, 11) is 0. The van der Waals surface area contributed by atoms with Crippen LogP contribution in [0.2, 0.25) is 0 Å². The second-order valence-electron chi connectivity index (χ2n) is 9.12. The first-order valence-corrected chi connectivity index (χ1v) is 10.7. The van der Waals surface area contributed by atoms with Gasteiger partial charge in [0.1, 0.15) is 0 Å². The second-order valence-corrected chi connectivity index (χ2v) is 9.12. The minimum atomic E-state index is 0.0377. The maximum atomic E-state index is 13.3. The van der Waals surface area contributed by atoms with Crippen LogP contribution in [0.15, 0.2) is 36.7 Å². The molecule has 5 rings (SSSR count). The molecule has 28 heavy (non-hydrogen) atoms. The molecule has 3 aliphatic rings. The zero-order chi connectivity index (χ0) is 19.1. The number of aryl methyl sites for hydroxylation is 1. The van der Waals surface area contributed by atoms with Crippen molar-refractivity contribution in [3.63, 3.8) is 0 Å². The molecule has 1 amide bonds. The quantitative estimate of drug-likeness (QED) is 0.886. The van der Waals surface area contributed by atoms with Crippen molar-refractivity contribution in [3.05, 3.63) is 53.6 Å². The number of amides is 1. The maximum absolute atomic E-state index is 13.3. The summed E-state index contributed by atoms with van der Waals surface area (Å²) in [5.74, 6) is 0.407. The molecular weight excluding hydrogens is 348 g/mol. The molecule has 0 bridgehead atoms. The van der Waals surface area contributed by atoms with E-state index in [1.165, 1.54) is 36.9 Å². The average Bonchev–Trinajstić information content (AvgIpc) is 3.49. The third kappa shape index (κ3) is 3.37. The topological polar surface area (TPSA) is 52.2 Å². The molecule has 0 radical (unpaired) electrons. The van der Waals surface area contributed by atoms with E-state index in [-0.39, 0.29) is 11.3 Å². The maximum Gasteiger partial charge on any atom is 0.230 e. The lowest BCUT2D eigenvalue weighted by Crippen LogP contribution is -2.54. The van der Waals surface area contributed by atoms with Crippen molar-refractivity contribution >= 4 is 5.91 Å². The van der Waals surface area contributed by atoms with Gasteiger partial charge in [-0.3, -0.25) is 9.69 Å². The number of benzene rings is 1. The minimum absolute atomic E-state index is 0.0377. The number of aromatic amines is 1. The van der Waals surface area contributed by atoms with Crippen molar-refractivity contribution in [2.24, 2.45) is 5.41 Å². The van der Waals surface area contributed by atoms with Crippen molar-refractivity contribution in [2.75, 3.05) is 19.6 Å². The number of H-pyrrole nitrogens is 1. The predicted molar refractivity (Wildman–Crippen MR) is 109 cm³/mol. The van der Waals surface area contributed by atoms with Gasteiger partial charge in [0.15, 0.2) is 0 Å². The fraction of sp³-hybridized carbons (Fsp3) is 0.565. The summed E-state index contributed by atoms with van der Waals surface area (Å²) in [4.78, 5) is 25.7. The van der Waals surface area contributed by atoms with Gasteiger partial charge in [-0.15, -0.1) is 0 Å². The Bertz CT molecular complexity index is 833.